The minimum Gasteiger partial charge on any atom is -0.488 e. The standard InChI is InChI=1S/C16H15BrO2/c1-11-6-7-15(12(2)18)16(8-11)19-10-13-4-3-5-14(17)9-13/h3-9H,10H2,1-2H3. The molecule has 0 unspecified atom stereocenters. The first-order valence-electron chi connectivity index (χ1n) is 6.05. The van der Waals surface area contributed by atoms with Crippen molar-refractivity contribution in [1.82, 2.24) is 0 Å². The van der Waals surface area contributed by atoms with Gasteiger partial charge in [-0.3, -0.25) is 4.79 Å². The van der Waals surface area contributed by atoms with Gasteiger partial charge < -0.3 is 4.74 Å². The first-order chi connectivity index (χ1) is 9.06. The van der Waals surface area contributed by atoms with Crippen LogP contribution in [0.1, 0.15) is 28.4 Å². The summed E-state index contributed by atoms with van der Waals surface area (Å²) in [5, 5.41) is 0. The molecule has 0 amide bonds. The minimum atomic E-state index is 0.0178. The van der Waals surface area contributed by atoms with Crippen molar-refractivity contribution in [2.45, 2.75) is 20.5 Å². The van der Waals surface area contributed by atoms with Crippen LogP contribution < -0.4 is 4.74 Å². The second kappa shape index (κ2) is 6.02. The van der Waals surface area contributed by atoms with Crippen LogP contribution in [0.3, 0.4) is 0 Å². The fraction of sp³-hybridized carbons (Fsp3) is 0.188. The lowest BCUT2D eigenvalue weighted by molar-refractivity contribution is 0.101. The molecule has 0 aliphatic heterocycles. The van der Waals surface area contributed by atoms with Crippen molar-refractivity contribution >= 4 is 21.7 Å². The van der Waals surface area contributed by atoms with E-state index in [-0.39, 0.29) is 5.78 Å². The SMILES string of the molecule is CC(=O)c1ccc(C)cc1OCc1cccc(Br)c1. The molecule has 0 atom stereocenters. The van der Waals surface area contributed by atoms with Gasteiger partial charge in [-0.1, -0.05) is 34.1 Å². The Morgan fingerprint density at radius 3 is 2.68 bits per heavy atom. The van der Waals surface area contributed by atoms with Gasteiger partial charge in [0.25, 0.3) is 0 Å². The molecule has 2 nitrogen and oxygen atoms in total. The van der Waals surface area contributed by atoms with E-state index in [0.29, 0.717) is 17.9 Å². The highest BCUT2D eigenvalue weighted by molar-refractivity contribution is 9.10. The number of hydrogen-bond acceptors (Lipinski definition) is 2. The Kier molecular flexibility index (Phi) is 4.38. The lowest BCUT2D eigenvalue weighted by atomic mass is 10.1. The molecule has 0 spiro atoms. The van der Waals surface area contributed by atoms with E-state index in [0.717, 1.165) is 15.6 Å². The van der Waals surface area contributed by atoms with E-state index in [9.17, 15) is 4.79 Å². The molecule has 0 saturated heterocycles. The van der Waals surface area contributed by atoms with Gasteiger partial charge in [0.1, 0.15) is 12.4 Å². The number of carbonyl (C=O) groups excluding carboxylic acids is 1. The number of benzene rings is 2. The molecule has 2 rings (SSSR count). The second-order valence-electron chi connectivity index (χ2n) is 4.47. The predicted octanol–water partition coefficient (Wildman–Crippen LogP) is 4.54. The van der Waals surface area contributed by atoms with Gasteiger partial charge in [0, 0.05) is 4.47 Å². The van der Waals surface area contributed by atoms with Crippen molar-refractivity contribution in [2.24, 2.45) is 0 Å². The van der Waals surface area contributed by atoms with Crippen molar-refractivity contribution in [2.75, 3.05) is 0 Å². The van der Waals surface area contributed by atoms with Gasteiger partial charge in [0.2, 0.25) is 0 Å². The predicted molar refractivity (Wildman–Crippen MR) is 79.7 cm³/mol. The topological polar surface area (TPSA) is 26.3 Å². The number of rotatable bonds is 4. The first kappa shape index (κ1) is 13.8. The Morgan fingerprint density at radius 2 is 2.00 bits per heavy atom. The maximum absolute atomic E-state index is 11.6. The number of ketones is 1. The lowest BCUT2D eigenvalue weighted by Crippen LogP contribution is -2.02. The summed E-state index contributed by atoms with van der Waals surface area (Å²) in [7, 11) is 0. The zero-order chi connectivity index (χ0) is 13.8. The maximum atomic E-state index is 11.6. The molecule has 3 heteroatoms. The molecular weight excluding hydrogens is 304 g/mol. The van der Waals surface area contributed by atoms with Gasteiger partial charge >= 0.3 is 0 Å². The summed E-state index contributed by atoms with van der Waals surface area (Å²) >= 11 is 3.43. The average Bonchev–Trinajstić information content (AvgIpc) is 2.36. The van der Waals surface area contributed by atoms with Crippen molar-refractivity contribution in [3.63, 3.8) is 0 Å². The van der Waals surface area contributed by atoms with Gasteiger partial charge in [-0.05, 0) is 49.2 Å². The van der Waals surface area contributed by atoms with Crippen LogP contribution in [-0.4, -0.2) is 5.78 Å². The van der Waals surface area contributed by atoms with Crippen LogP contribution in [0, 0.1) is 6.92 Å². The summed E-state index contributed by atoms with van der Waals surface area (Å²) < 4.78 is 6.80. The number of ether oxygens (including phenoxy) is 1. The third-order valence-electron chi connectivity index (χ3n) is 2.80. The Hall–Kier alpha value is -1.61. The van der Waals surface area contributed by atoms with Gasteiger partial charge in [0.15, 0.2) is 5.78 Å². The van der Waals surface area contributed by atoms with Crippen molar-refractivity contribution in [1.29, 1.82) is 0 Å². The quantitative estimate of drug-likeness (QED) is 0.774. The molecule has 2 aromatic rings. The average molecular weight is 319 g/mol. The second-order valence-corrected chi connectivity index (χ2v) is 5.39. The van der Waals surface area contributed by atoms with Crippen molar-refractivity contribution in [3.05, 3.63) is 63.6 Å². The van der Waals surface area contributed by atoms with Crippen molar-refractivity contribution in [3.8, 4) is 5.75 Å². The van der Waals surface area contributed by atoms with Crippen molar-refractivity contribution < 1.29 is 9.53 Å². The zero-order valence-corrected chi connectivity index (χ0v) is 12.5. The zero-order valence-electron chi connectivity index (χ0n) is 10.9. The van der Waals surface area contributed by atoms with E-state index in [2.05, 4.69) is 15.9 Å². The van der Waals surface area contributed by atoms with Crippen LogP contribution in [0.5, 0.6) is 5.75 Å². The molecule has 0 N–H and O–H groups in total. The summed E-state index contributed by atoms with van der Waals surface area (Å²) in [6.45, 7) is 3.98. The summed E-state index contributed by atoms with van der Waals surface area (Å²) in [5.74, 6) is 0.664. The fourth-order valence-corrected chi connectivity index (χ4v) is 2.27. The number of carbonyl (C=O) groups is 1. The molecular formula is C16H15BrO2. The summed E-state index contributed by atoms with van der Waals surface area (Å²) in [5.41, 5.74) is 2.76. The van der Waals surface area contributed by atoms with Crippen LogP contribution in [0.4, 0.5) is 0 Å². The highest BCUT2D eigenvalue weighted by atomic mass is 79.9. The van der Waals surface area contributed by atoms with Gasteiger partial charge in [-0.2, -0.15) is 0 Å². The molecule has 98 valence electrons. The summed E-state index contributed by atoms with van der Waals surface area (Å²) in [6.07, 6.45) is 0. The van der Waals surface area contributed by atoms with E-state index < -0.39 is 0 Å². The largest absolute Gasteiger partial charge is 0.488 e. The van der Waals surface area contributed by atoms with Crippen LogP contribution in [0.2, 0.25) is 0 Å². The number of Topliss-reactive ketones (excluding diaryl/α,β-unsaturated/α-hetero) is 1. The third-order valence-corrected chi connectivity index (χ3v) is 3.29. The summed E-state index contributed by atoms with van der Waals surface area (Å²) in [4.78, 5) is 11.6. The van der Waals surface area contributed by atoms with E-state index in [1.807, 2.05) is 49.4 Å². The van der Waals surface area contributed by atoms with Gasteiger partial charge in [-0.15, -0.1) is 0 Å². The lowest BCUT2D eigenvalue weighted by Gasteiger charge is -2.11. The Bertz CT molecular complexity index is 605. The smallest absolute Gasteiger partial charge is 0.163 e. The van der Waals surface area contributed by atoms with Gasteiger partial charge in [0.05, 0.1) is 5.56 Å². The Labute approximate surface area is 121 Å². The highest BCUT2D eigenvalue weighted by Gasteiger charge is 2.08. The third kappa shape index (κ3) is 3.67. The van der Waals surface area contributed by atoms with E-state index >= 15 is 0 Å². The molecule has 19 heavy (non-hydrogen) atoms. The van der Waals surface area contributed by atoms with E-state index in [4.69, 9.17) is 4.74 Å². The normalized spacial score (nSPS) is 10.3. The molecule has 2 aromatic carbocycles. The molecule has 0 saturated carbocycles. The monoisotopic (exact) mass is 318 g/mol. The summed E-state index contributed by atoms with van der Waals surface area (Å²) in [6, 6.07) is 13.6. The van der Waals surface area contributed by atoms with E-state index in [1.165, 1.54) is 0 Å². The van der Waals surface area contributed by atoms with E-state index in [1.54, 1.807) is 6.92 Å². The number of hydrogen-bond donors (Lipinski definition) is 0. The molecule has 0 radical (unpaired) electrons. The highest BCUT2D eigenvalue weighted by Crippen LogP contribution is 2.22. The molecule has 0 aliphatic carbocycles. The molecule has 0 fully saturated rings. The van der Waals surface area contributed by atoms with Gasteiger partial charge in [-0.25, -0.2) is 0 Å². The van der Waals surface area contributed by atoms with Crippen LogP contribution >= 0.6 is 15.9 Å². The minimum absolute atomic E-state index is 0.0178. The van der Waals surface area contributed by atoms with Crippen LogP contribution in [-0.2, 0) is 6.61 Å². The maximum Gasteiger partial charge on any atom is 0.163 e. The Balaban J connectivity index is 2.19. The van der Waals surface area contributed by atoms with Crippen LogP contribution in [0.25, 0.3) is 0 Å². The molecule has 0 aromatic heterocycles. The Morgan fingerprint density at radius 1 is 1.21 bits per heavy atom. The molecule has 0 heterocycles. The first-order valence-corrected chi connectivity index (χ1v) is 6.84. The molecule has 0 aliphatic rings. The fourth-order valence-electron chi connectivity index (χ4n) is 1.83. The van der Waals surface area contributed by atoms with Crippen LogP contribution in [0.15, 0.2) is 46.9 Å². The number of aryl methyl sites for hydroxylation is 1. The number of halogens is 1. The molecule has 0 bridgehead atoms.